The molecule has 2 unspecified atom stereocenters. The molecule has 0 saturated heterocycles. The van der Waals surface area contributed by atoms with Gasteiger partial charge < -0.3 is 30.8 Å². The third-order valence-electron chi connectivity index (χ3n) is 4.22. The Morgan fingerprint density at radius 2 is 1.64 bits per heavy atom. The van der Waals surface area contributed by atoms with Gasteiger partial charge in [-0.2, -0.15) is 0 Å². The van der Waals surface area contributed by atoms with Gasteiger partial charge in [-0.3, -0.25) is 0 Å². The Labute approximate surface area is 143 Å². The molecule has 0 amide bonds. The average molecular weight is 351 g/mol. The van der Waals surface area contributed by atoms with Gasteiger partial charge in [0.2, 0.25) is 0 Å². The third-order valence-corrected chi connectivity index (χ3v) is 4.22. The topological polar surface area (TPSA) is 147 Å². The lowest BCUT2D eigenvalue weighted by Gasteiger charge is -2.31. The number of nitrogens with one attached hydrogen (secondary N) is 1. The van der Waals surface area contributed by atoms with Crippen molar-refractivity contribution in [2.24, 2.45) is 0 Å². The van der Waals surface area contributed by atoms with Gasteiger partial charge in [-0.15, -0.1) is 0 Å². The first kappa shape index (κ1) is 18.9. The van der Waals surface area contributed by atoms with Crippen molar-refractivity contribution < 1.29 is 35.1 Å². The monoisotopic (exact) mass is 351 g/mol. The van der Waals surface area contributed by atoms with Gasteiger partial charge in [-0.25, -0.2) is 9.59 Å². The molecule has 0 aromatic heterocycles. The fourth-order valence-corrected chi connectivity index (χ4v) is 2.89. The molecule has 1 saturated carbocycles. The van der Waals surface area contributed by atoms with Gasteiger partial charge in [-0.05, 0) is 35.3 Å². The fourth-order valence-electron chi connectivity index (χ4n) is 2.89. The highest BCUT2D eigenvalue weighted by Crippen LogP contribution is 2.24. The second kappa shape index (κ2) is 8.11. The van der Waals surface area contributed by atoms with Crippen LogP contribution in [0.5, 0.6) is 0 Å². The van der Waals surface area contributed by atoms with Crippen LogP contribution in [-0.4, -0.2) is 61.8 Å². The molecule has 3 rings (SSSR count). The van der Waals surface area contributed by atoms with Crippen LogP contribution in [-0.2, 0) is 9.59 Å². The van der Waals surface area contributed by atoms with Crippen LogP contribution in [0.3, 0.4) is 0 Å². The molecular formula is C17H21NO7. The summed E-state index contributed by atoms with van der Waals surface area (Å²) in [4.78, 5) is 19.5. The summed E-state index contributed by atoms with van der Waals surface area (Å²) in [6, 6.07) is 8.85. The maximum atomic E-state index is 9.77. The van der Waals surface area contributed by atoms with Crippen molar-refractivity contribution in [1.29, 1.82) is 0 Å². The van der Waals surface area contributed by atoms with Crippen LogP contribution in [0.15, 0.2) is 24.3 Å². The molecular weight excluding hydrogens is 330 g/mol. The standard InChI is InChI=1S/C13H15NO.C4H6O6/c15-10-5-6-13-12(7-10)11-4-2-1-3-9(11)8-14-13;5-1(3(7)8)2(6)4(9)10/h1-4,8,10,13-15H,5-7H2;1-2,5-6H,(H,7,8)(H,9,10)/t;1-,2-/m.1/s1. The fraction of sp³-hybridized carbons (Fsp3) is 0.412. The summed E-state index contributed by atoms with van der Waals surface area (Å²) in [5.74, 6) is -3.54. The van der Waals surface area contributed by atoms with Gasteiger partial charge >= 0.3 is 11.9 Å². The lowest BCUT2D eigenvalue weighted by molar-refractivity contribution is -0.165. The first-order chi connectivity index (χ1) is 11.8. The molecule has 4 atom stereocenters. The minimum absolute atomic E-state index is 0.149. The molecule has 1 aromatic rings. The van der Waals surface area contributed by atoms with Crippen LogP contribution in [0.2, 0.25) is 0 Å². The summed E-state index contributed by atoms with van der Waals surface area (Å²) in [6.45, 7) is 0. The maximum absolute atomic E-state index is 9.77. The largest absolute Gasteiger partial charge is 0.479 e. The molecule has 1 heterocycles. The molecule has 1 aliphatic carbocycles. The summed E-state index contributed by atoms with van der Waals surface area (Å²) in [6.07, 6.45) is 0.196. The van der Waals surface area contributed by atoms with Crippen molar-refractivity contribution in [1.82, 2.24) is 5.32 Å². The van der Waals surface area contributed by atoms with Crippen molar-refractivity contribution in [3.8, 4) is 0 Å². The molecule has 1 aromatic carbocycles. The van der Waals surface area contributed by atoms with Crippen molar-refractivity contribution >= 4 is 23.7 Å². The van der Waals surface area contributed by atoms with Crippen LogP contribution in [0, 0.1) is 0 Å². The lowest BCUT2D eigenvalue weighted by Crippen LogP contribution is -2.45. The Hall–Kier alpha value is -2.42. The van der Waals surface area contributed by atoms with E-state index in [9.17, 15) is 14.7 Å². The number of carboxylic acids is 2. The number of hydrogen-bond donors (Lipinski definition) is 6. The van der Waals surface area contributed by atoms with E-state index in [0.29, 0.717) is 6.04 Å². The van der Waals surface area contributed by atoms with Gasteiger partial charge in [0.05, 0.1) is 6.10 Å². The zero-order valence-corrected chi connectivity index (χ0v) is 13.4. The van der Waals surface area contributed by atoms with Gasteiger partial charge in [0, 0.05) is 12.2 Å². The van der Waals surface area contributed by atoms with Gasteiger partial charge in [0.15, 0.2) is 12.2 Å². The number of carbonyl (C=O) groups is 2. The molecule has 0 spiro atoms. The number of aliphatic carboxylic acids is 2. The van der Waals surface area contributed by atoms with Crippen molar-refractivity contribution in [3.63, 3.8) is 0 Å². The molecule has 1 aliphatic heterocycles. The predicted molar refractivity (Wildman–Crippen MR) is 87.6 cm³/mol. The molecule has 0 radical (unpaired) electrons. The van der Waals surface area contributed by atoms with Crippen LogP contribution in [0.25, 0.3) is 11.8 Å². The number of aliphatic hydroxyl groups is 3. The Balaban J connectivity index is 0.000000199. The summed E-state index contributed by atoms with van der Waals surface area (Å²) in [7, 11) is 0. The minimum Gasteiger partial charge on any atom is -0.479 e. The number of hydrogen-bond acceptors (Lipinski definition) is 6. The molecule has 8 nitrogen and oxygen atoms in total. The van der Waals surface area contributed by atoms with Crippen LogP contribution < -0.4 is 15.8 Å². The Bertz CT molecular complexity index is 743. The van der Waals surface area contributed by atoms with E-state index in [-0.39, 0.29) is 6.10 Å². The highest BCUT2D eigenvalue weighted by atomic mass is 16.4. The van der Waals surface area contributed by atoms with E-state index in [2.05, 4.69) is 35.8 Å². The Morgan fingerprint density at radius 3 is 2.24 bits per heavy atom. The number of carboxylic acid groups (broad SMARTS) is 2. The highest BCUT2D eigenvalue weighted by Gasteiger charge is 2.29. The smallest absolute Gasteiger partial charge is 0.335 e. The zero-order valence-electron chi connectivity index (χ0n) is 13.4. The summed E-state index contributed by atoms with van der Waals surface area (Å²) in [5.41, 5.74) is 1.38. The number of fused-ring (bicyclic) bond motifs is 2. The van der Waals surface area contributed by atoms with Gasteiger partial charge in [-0.1, -0.05) is 24.3 Å². The predicted octanol–water partition coefficient (Wildman–Crippen LogP) is -2.03. The quantitative estimate of drug-likeness (QED) is 0.365. The van der Waals surface area contributed by atoms with Crippen molar-refractivity contribution in [2.75, 3.05) is 0 Å². The third kappa shape index (κ3) is 4.56. The highest BCUT2D eigenvalue weighted by molar-refractivity contribution is 5.83. The molecule has 25 heavy (non-hydrogen) atoms. The van der Waals surface area contributed by atoms with Crippen molar-refractivity contribution in [2.45, 2.75) is 43.6 Å². The van der Waals surface area contributed by atoms with Crippen LogP contribution >= 0.6 is 0 Å². The van der Waals surface area contributed by atoms with E-state index in [1.807, 2.05) is 0 Å². The zero-order chi connectivity index (χ0) is 18.6. The number of benzene rings is 1. The molecule has 8 heteroatoms. The van der Waals surface area contributed by atoms with E-state index in [0.717, 1.165) is 19.3 Å². The first-order valence-corrected chi connectivity index (χ1v) is 7.85. The van der Waals surface area contributed by atoms with Gasteiger partial charge in [0.25, 0.3) is 0 Å². The second-order valence-electron chi connectivity index (χ2n) is 5.98. The summed E-state index contributed by atoms with van der Waals surface area (Å²) >= 11 is 0. The number of aliphatic hydroxyl groups excluding tert-OH is 3. The van der Waals surface area contributed by atoms with E-state index < -0.39 is 24.1 Å². The van der Waals surface area contributed by atoms with Crippen LogP contribution in [0.4, 0.5) is 0 Å². The molecule has 0 bridgehead atoms. The first-order valence-electron chi connectivity index (χ1n) is 7.85. The number of rotatable bonds is 3. The van der Waals surface area contributed by atoms with E-state index in [1.165, 1.54) is 16.0 Å². The lowest BCUT2D eigenvalue weighted by atomic mass is 9.85. The molecule has 136 valence electrons. The molecule has 1 fully saturated rings. The summed E-state index contributed by atoms with van der Waals surface area (Å²) in [5, 5.41) is 48.2. The van der Waals surface area contributed by atoms with Gasteiger partial charge in [0.1, 0.15) is 0 Å². The minimum atomic E-state index is -2.27. The van der Waals surface area contributed by atoms with E-state index in [4.69, 9.17) is 20.4 Å². The summed E-state index contributed by atoms with van der Waals surface area (Å²) < 4.78 is 0. The molecule has 6 N–H and O–H groups in total. The van der Waals surface area contributed by atoms with E-state index >= 15 is 0 Å². The van der Waals surface area contributed by atoms with Crippen LogP contribution in [0.1, 0.15) is 19.3 Å². The maximum Gasteiger partial charge on any atom is 0.335 e. The second-order valence-corrected chi connectivity index (χ2v) is 5.98. The van der Waals surface area contributed by atoms with Crippen molar-refractivity contribution in [3.05, 3.63) is 34.7 Å². The molecule has 2 aliphatic rings. The normalized spacial score (nSPS) is 23.4. The van der Waals surface area contributed by atoms with E-state index in [1.54, 1.807) is 0 Å². The SMILES string of the molecule is O=C(O)[C@H](O)[C@@H](O)C(=O)O.OC1CCC2NC=c3ccccc3=C2C1. The Morgan fingerprint density at radius 1 is 1.04 bits per heavy atom. The Kier molecular flexibility index (Phi) is 6.13. The average Bonchev–Trinajstić information content (AvgIpc) is 2.60.